The fraction of sp³-hybridized carbons (Fsp3) is 0.500. The molecule has 0 saturated heterocycles. The minimum Gasteiger partial charge on any atom is -0.356 e. The van der Waals surface area contributed by atoms with Crippen LogP contribution in [0.2, 0.25) is 0 Å². The Morgan fingerprint density at radius 1 is 1.10 bits per heavy atom. The number of carbonyl (C=O) groups excluding carboxylic acids is 2. The monoisotopic (exact) mass is 291 g/mol. The minimum atomic E-state index is -0.210. The van der Waals surface area contributed by atoms with Gasteiger partial charge in [-0.15, -0.1) is 0 Å². The Morgan fingerprint density at radius 3 is 2.38 bits per heavy atom. The molecule has 0 saturated carbocycles. The van der Waals surface area contributed by atoms with Gasteiger partial charge in [-0.1, -0.05) is 30.3 Å². The molecular weight excluding hydrogens is 266 g/mol. The van der Waals surface area contributed by atoms with Gasteiger partial charge in [-0.2, -0.15) is 0 Å². The summed E-state index contributed by atoms with van der Waals surface area (Å²) in [6, 6.07) is 9.74. The number of rotatable bonds is 8. The van der Waals surface area contributed by atoms with Gasteiger partial charge in [0, 0.05) is 20.1 Å². The predicted molar refractivity (Wildman–Crippen MR) is 83.7 cm³/mol. The molecule has 21 heavy (non-hydrogen) atoms. The SMILES string of the molecule is CN(C)CCCNC(=O)CC(=O)N(C)Cc1ccccc1. The fourth-order valence-corrected chi connectivity index (χ4v) is 1.90. The van der Waals surface area contributed by atoms with Gasteiger partial charge in [-0.25, -0.2) is 0 Å². The van der Waals surface area contributed by atoms with Crippen LogP contribution in [-0.4, -0.2) is 55.8 Å². The van der Waals surface area contributed by atoms with Gasteiger partial charge in [0.1, 0.15) is 6.42 Å². The van der Waals surface area contributed by atoms with Crippen LogP contribution < -0.4 is 5.32 Å². The largest absolute Gasteiger partial charge is 0.356 e. The lowest BCUT2D eigenvalue weighted by atomic mass is 10.2. The maximum atomic E-state index is 12.0. The van der Waals surface area contributed by atoms with Gasteiger partial charge in [-0.3, -0.25) is 9.59 Å². The van der Waals surface area contributed by atoms with Crippen LogP contribution >= 0.6 is 0 Å². The van der Waals surface area contributed by atoms with E-state index in [1.807, 2.05) is 44.4 Å². The summed E-state index contributed by atoms with van der Waals surface area (Å²) in [7, 11) is 5.70. The molecule has 0 aliphatic rings. The first-order valence-electron chi connectivity index (χ1n) is 7.18. The Bertz CT molecular complexity index is 446. The van der Waals surface area contributed by atoms with Crippen LogP contribution in [0.4, 0.5) is 0 Å². The van der Waals surface area contributed by atoms with E-state index >= 15 is 0 Å². The Kier molecular flexibility index (Phi) is 7.46. The zero-order valence-corrected chi connectivity index (χ0v) is 13.1. The predicted octanol–water partition coefficient (Wildman–Crippen LogP) is 1.10. The molecule has 116 valence electrons. The molecule has 1 N–H and O–H groups in total. The summed E-state index contributed by atoms with van der Waals surface area (Å²) in [6.07, 6.45) is 0.790. The molecule has 2 amide bonds. The van der Waals surface area contributed by atoms with Crippen molar-refractivity contribution in [3.8, 4) is 0 Å². The van der Waals surface area contributed by atoms with Crippen LogP contribution in [0.1, 0.15) is 18.4 Å². The maximum absolute atomic E-state index is 12.0. The fourth-order valence-electron chi connectivity index (χ4n) is 1.90. The summed E-state index contributed by atoms with van der Waals surface area (Å²) in [4.78, 5) is 27.3. The minimum absolute atomic E-state index is 0.0920. The van der Waals surface area contributed by atoms with Gasteiger partial charge < -0.3 is 15.1 Å². The van der Waals surface area contributed by atoms with Crippen LogP contribution in [-0.2, 0) is 16.1 Å². The number of nitrogens with zero attached hydrogens (tertiary/aromatic N) is 2. The lowest BCUT2D eigenvalue weighted by Crippen LogP contribution is -2.34. The highest BCUT2D eigenvalue weighted by Gasteiger charge is 2.13. The Balaban J connectivity index is 2.27. The Labute approximate surface area is 126 Å². The summed E-state index contributed by atoms with van der Waals surface area (Å²) >= 11 is 0. The number of nitrogens with one attached hydrogen (secondary N) is 1. The molecule has 0 radical (unpaired) electrons. The molecule has 0 aliphatic carbocycles. The van der Waals surface area contributed by atoms with Crippen molar-refractivity contribution in [3.63, 3.8) is 0 Å². The van der Waals surface area contributed by atoms with Crippen LogP contribution in [0, 0.1) is 0 Å². The van der Waals surface area contributed by atoms with Crippen molar-refractivity contribution in [3.05, 3.63) is 35.9 Å². The van der Waals surface area contributed by atoms with Crippen LogP contribution in [0.15, 0.2) is 30.3 Å². The smallest absolute Gasteiger partial charge is 0.232 e. The molecule has 0 aromatic heterocycles. The third-order valence-corrected chi connectivity index (χ3v) is 3.10. The zero-order chi connectivity index (χ0) is 15.7. The normalized spacial score (nSPS) is 10.5. The maximum Gasteiger partial charge on any atom is 0.232 e. The molecule has 1 rings (SSSR count). The van der Waals surface area contributed by atoms with Gasteiger partial charge in [0.15, 0.2) is 0 Å². The van der Waals surface area contributed by atoms with Gasteiger partial charge in [0.25, 0.3) is 0 Å². The first-order valence-corrected chi connectivity index (χ1v) is 7.18. The van der Waals surface area contributed by atoms with E-state index in [-0.39, 0.29) is 18.2 Å². The van der Waals surface area contributed by atoms with Crippen molar-refractivity contribution in [2.45, 2.75) is 19.4 Å². The molecular formula is C16H25N3O2. The highest BCUT2D eigenvalue weighted by molar-refractivity contribution is 5.96. The lowest BCUT2D eigenvalue weighted by Gasteiger charge is -2.17. The van der Waals surface area contributed by atoms with E-state index in [4.69, 9.17) is 0 Å². The summed E-state index contributed by atoms with van der Waals surface area (Å²) < 4.78 is 0. The third kappa shape index (κ3) is 7.46. The van der Waals surface area contributed by atoms with Crippen molar-refractivity contribution < 1.29 is 9.59 Å². The molecule has 0 atom stereocenters. The van der Waals surface area contributed by atoms with Gasteiger partial charge in [0.05, 0.1) is 0 Å². The summed E-state index contributed by atoms with van der Waals surface area (Å²) in [5.74, 6) is -0.373. The van der Waals surface area contributed by atoms with Crippen molar-refractivity contribution in [2.75, 3.05) is 34.2 Å². The summed E-state index contributed by atoms with van der Waals surface area (Å²) in [5.41, 5.74) is 1.06. The third-order valence-electron chi connectivity index (χ3n) is 3.10. The van der Waals surface area contributed by atoms with E-state index in [0.29, 0.717) is 13.1 Å². The molecule has 0 bridgehead atoms. The quantitative estimate of drug-likeness (QED) is 0.576. The van der Waals surface area contributed by atoms with E-state index in [1.165, 1.54) is 0 Å². The average Bonchev–Trinajstić information content (AvgIpc) is 2.44. The highest BCUT2D eigenvalue weighted by atomic mass is 16.2. The molecule has 5 nitrogen and oxygen atoms in total. The van der Waals surface area contributed by atoms with E-state index in [0.717, 1.165) is 18.5 Å². The number of benzene rings is 1. The number of hydrogen-bond donors (Lipinski definition) is 1. The lowest BCUT2D eigenvalue weighted by molar-refractivity contribution is -0.135. The van der Waals surface area contributed by atoms with Crippen molar-refractivity contribution in [1.29, 1.82) is 0 Å². The topological polar surface area (TPSA) is 52.7 Å². The molecule has 0 unspecified atom stereocenters. The molecule has 0 aliphatic heterocycles. The average molecular weight is 291 g/mol. The van der Waals surface area contributed by atoms with Gasteiger partial charge in [0.2, 0.25) is 11.8 Å². The summed E-state index contributed by atoms with van der Waals surface area (Å²) in [6.45, 7) is 2.04. The second-order valence-corrected chi connectivity index (χ2v) is 5.42. The van der Waals surface area contributed by atoms with Crippen molar-refractivity contribution in [1.82, 2.24) is 15.1 Å². The second-order valence-electron chi connectivity index (χ2n) is 5.42. The highest BCUT2D eigenvalue weighted by Crippen LogP contribution is 2.03. The van der Waals surface area contributed by atoms with Crippen molar-refractivity contribution >= 4 is 11.8 Å². The number of amides is 2. The Morgan fingerprint density at radius 2 is 1.76 bits per heavy atom. The first-order chi connectivity index (χ1) is 9.99. The van der Waals surface area contributed by atoms with E-state index in [1.54, 1.807) is 11.9 Å². The van der Waals surface area contributed by atoms with Gasteiger partial charge in [-0.05, 0) is 32.6 Å². The molecule has 0 fully saturated rings. The van der Waals surface area contributed by atoms with Crippen LogP contribution in [0.25, 0.3) is 0 Å². The zero-order valence-electron chi connectivity index (χ0n) is 13.1. The molecule has 1 aromatic rings. The standard InChI is InChI=1S/C16H25N3O2/c1-18(2)11-7-10-17-15(20)12-16(21)19(3)13-14-8-5-4-6-9-14/h4-6,8-9H,7,10-13H2,1-3H3,(H,17,20). The number of hydrogen-bond acceptors (Lipinski definition) is 3. The first kappa shape index (κ1) is 17.2. The molecule has 0 heterocycles. The van der Waals surface area contributed by atoms with Crippen LogP contribution in [0.3, 0.4) is 0 Å². The molecule has 0 spiro atoms. The Hall–Kier alpha value is -1.88. The molecule has 5 heteroatoms. The number of carbonyl (C=O) groups is 2. The van der Waals surface area contributed by atoms with Gasteiger partial charge >= 0.3 is 0 Å². The molecule has 1 aromatic carbocycles. The second kappa shape index (κ2) is 9.13. The van der Waals surface area contributed by atoms with Crippen molar-refractivity contribution in [2.24, 2.45) is 0 Å². The summed E-state index contributed by atoms with van der Waals surface area (Å²) in [5, 5.41) is 2.77. The van der Waals surface area contributed by atoms with Crippen LogP contribution in [0.5, 0.6) is 0 Å². The van der Waals surface area contributed by atoms with E-state index < -0.39 is 0 Å². The van der Waals surface area contributed by atoms with E-state index in [2.05, 4.69) is 10.2 Å². The van der Waals surface area contributed by atoms with E-state index in [9.17, 15) is 9.59 Å².